The molecule has 2 aromatic rings. The monoisotopic (exact) mass is 332 g/mol. The van der Waals surface area contributed by atoms with Crippen LogP contribution in [0.15, 0.2) is 34.8 Å². The molecule has 1 nitrogen and oxygen atoms in total. The van der Waals surface area contributed by atoms with Crippen LogP contribution in [0.2, 0.25) is 0 Å². The van der Waals surface area contributed by atoms with Gasteiger partial charge in [-0.3, -0.25) is 0 Å². The van der Waals surface area contributed by atoms with Crippen LogP contribution in [0.5, 0.6) is 5.75 Å². The third-order valence-corrected chi connectivity index (χ3v) is 4.30. The van der Waals surface area contributed by atoms with Crippen molar-refractivity contribution in [3.63, 3.8) is 0 Å². The van der Waals surface area contributed by atoms with E-state index in [0.717, 1.165) is 15.2 Å². The van der Waals surface area contributed by atoms with Gasteiger partial charge in [-0.2, -0.15) is 8.78 Å². The maximum atomic E-state index is 13.6. The van der Waals surface area contributed by atoms with E-state index in [1.807, 2.05) is 0 Å². The number of thioether (sulfide) groups is 1. The Morgan fingerprint density at radius 1 is 1.22 bits per heavy atom. The van der Waals surface area contributed by atoms with E-state index in [4.69, 9.17) is 4.74 Å². The summed E-state index contributed by atoms with van der Waals surface area (Å²) in [5, 5.41) is -1.25. The first kappa shape index (κ1) is 13.6. The van der Waals surface area contributed by atoms with Gasteiger partial charge in [0.1, 0.15) is 5.75 Å². The Kier molecular flexibility index (Phi) is 3.82. The first-order valence-electron chi connectivity index (χ1n) is 5.19. The summed E-state index contributed by atoms with van der Waals surface area (Å²) in [6.45, 7) is 0. The molecule has 18 heavy (non-hydrogen) atoms. The van der Waals surface area contributed by atoms with Crippen molar-refractivity contribution in [2.75, 3.05) is 13.4 Å². The van der Waals surface area contributed by atoms with Gasteiger partial charge in [0.25, 0.3) is 0 Å². The maximum Gasteiger partial charge on any atom is 0.319 e. The van der Waals surface area contributed by atoms with Gasteiger partial charge in [-0.25, -0.2) is 0 Å². The Morgan fingerprint density at radius 3 is 2.56 bits per heavy atom. The molecule has 5 heteroatoms. The molecule has 0 radical (unpaired) electrons. The van der Waals surface area contributed by atoms with E-state index in [2.05, 4.69) is 15.9 Å². The van der Waals surface area contributed by atoms with Crippen LogP contribution in [0.25, 0.3) is 10.8 Å². The van der Waals surface area contributed by atoms with E-state index < -0.39 is 5.25 Å². The molecule has 0 bridgehead atoms. The van der Waals surface area contributed by atoms with E-state index in [1.165, 1.54) is 18.4 Å². The molecular formula is C13H11BrF2OS. The van der Waals surface area contributed by atoms with Crippen molar-refractivity contribution in [2.45, 2.75) is 5.25 Å². The van der Waals surface area contributed by atoms with E-state index in [0.29, 0.717) is 17.5 Å². The van der Waals surface area contributed by atoms with Crippen molar-refractivity contribution in [1.82, 2.24) is 0 Å². The molecule has 0 saturated carbocycles. The molecule has 0 aliphatic rings. The number of alkyl halides is 2. The highest BCUT2D eigenvalue weighted by Gasteiger charge is 2.30. The van der Waals surface area contributed by atoms with E-state index >= 15 is 0 Å². The molecule has 0 unspecified atom stereocenters. The molecule has 0 aliphatic heterocycles. The SMILES string of the molecule is COc1ccc2cc(C(F)(F)SC)ccc2c1Br. The molecule has 2 aromatic carbocycles. The number of halogens is 3. The minimum atomic E-state index is -2.86. The molecule has 0 amide bonds. The number of benzene rings is 2. The second-order valence-electron chi connectivity index (χ2n) is 3.74. The van der Waals surface area contributed by atoms with Gasteiger partial charge in [-0.05, 0) is 45.1 Å². The summed E-state index contributed by atoms with van der Waals surface area (Å²) in [5.41, 5.74) is 0.0135. The minimum absolute atomic E-state index is 0.0135. The Bertz CT molecular complexity index is 586. The molecule has 2 rings (SSSR count). The Morgan fingerprint density at radius 2 is 1.94 bits per heavy atom. The number of rotatable bonds is 3. The van der Waals surface area contributed by atoms with Gasteiger partial charge in [0.05, 0.1) is 11.6 Å². The molecule has 0 fully saturated rings. The predicted molar refractivity (Wildman–Crippen MR) is 75.6 cm³/mol. The molecule has 0 aliphatic carbocycles. The summed E-state index contributed by atoms with van der Waals surface area (Å²) in [6, 6.07) is 8.17. The van der Waals surface area contributed by atoms with Crippen molar-refractivity contribution in [3.05, 3.63) is 40.4 Å². The smallest absolute Gasteiger partial charge is 0.319 e. The maximum absolute atomic E-state index is 13.6. The minimum Gasteiger partial charge on any atom is -0.496 e. The summed E-state index contributed by atoms with van der Waals surface area (Å²) in [5.74, 6) is 0.687. The standard InChI is InChI=1S/C13H11BrF2OS/c1-17-11-6-3-8-7-9(13(15,16)18-2)4-5-10(8)12(11)14/h3-7H,1-2H3. The van der Waals surface area contributed by atoms with Crippen molar-refractivity contribution in [3.8, 4) is 5.75 Å². The summed E-state index contributed by atoms with van der Waals surface area (Å²) in [4.78, 5) is 0. The Hall–Kier alpha value is -0.810. The number of ether oxygens (including phenoxy) is 1. The van der Waals surface area contributed by atoms with Crippen molar-refractivity contribution in [1.29, 1.82) is 0 Å². The second kappa shape index (κ2) is 5.05. The summed E-state index contributed by atoms with van der Waals surface area (Å²) in [7, 11) is 1.57. The number of methoxy groups -OCH3 is 1. The fourth-order valence-corrected chi connectivity index (χ4v) is 2.75. The van der Waals surface area contributed by atoms with Gasteiger partial charge in [0, 0.05) is 5.56 Å². The predicted octanol–water partition coefficient (Wildman–Crippen LogP) is 5.02. The van der Waals surface area contributed by atoms with Crippen LogP contribution in [0.3, 0.4) is 0 Å². The zero-order valence-electron chi connectivity index (χ0n) is 9.84. The third-order valence-electron chi connectivity index (χ3n) is 2.73. The molecule has 0 atom stereocenters. The first-order valence-corrected chi connectivity index (χ1v) is 7.21. The van der Waals surface area contributed by atoms with Crippen LogP contribution in [-0.4, -0.2) is 13.4 Å². The second-order valence-corrected chi connectivity index (χ2v) is 5.45. The van der Waals surface area contributed by atoms with Crippen LogP contribution >= 0.6 is 27.7 Å². The highest BCUT2D eigenvalue weighted by molar-refractivity contribution is 9.10. The fourth-order valence-electron chi connectivity index (χ4n) is 1.73. The number of hydrogen-bond donors (Lipinski definition) is 0. The van der Waals surface area contributed by atoms with Crippen LogP contribution in [0.4, 0.5) is 8.78 Å². The highest BCUT2D eigenvalue weighted by Crippen LogP contribution is 2.40. The summed E-state index contributed by atoms with van der Waals surface area (Å²) < 4.78 is 33.1. The normalized spacial score (nSPS) is 11.8. The van der Waals surface area contributed by atoms with Crippen molar-refractivity contribution < 1.29 is 13.5 Å². The lowest BCUT2D eigenvalue weighted by Gasteiger charge is -2.15. The first-order chi connectivity index (χ1) is 8.49. The fraction of sp³-hybridized carbons (Fsp3) is 0.231. The van der Waals surface area contributed by atoms with Crippen molar-refractivity contribution in [2.24, 2.45) is 0 Å². The van der Waals surface area contributed by atoms with Crippen LogP contribution in [0, 0.1) is 0 Å². The summed E-state index contributed by atoms with van der Waals surface area (Å²) >= 11 is 3.95. The van der Waals surface area contributed by atoms with Gasteiger partial charge >= 0.3 is 5.25 Å². The topological polar surface area (TPSA) is 9.23 Å². The van der Waals surface area contributed by atoms with Crippen molar-refractivity contribution >= 4 is 38.5 Å². The lowest BCUT2D eigenvalue weighted by molar-refractivity contribution is 0.106. The zero-order valence-corrected chi connectivity index (χ0v) is 12.2. The molecule has 0 spiro atoms. The molecule has 0 aromatic heterocycles. The molecule has 0 N–H and O–H groups in total. The van der Waals surface area contributed by atoms with Gasteiger partial charge in [-0.1, -0.05) is 30.0 Å². The quantitative estimate of drug-likeness (QED) is 0.780. The van der Waals surface area contributed by atoms with Gasteiger partial charge in [0.15, 0.2) is 0 Å². The van der Waals surface area contributed by atoms with E-state index in [1.54, 1.807) is 25.3 Å². The van der Waals surface area contributed by atoms with Crippen LogP contribution in [0.1, 0.15) is 5.56 Å². The van der Waals surface area contributed by atoms with Gasteiger partial charge in [-0.15, -0.1) is 0 Å². The molecular weight excluding hydrogens is 322 g/mol. The molecule has 0 saturated heterocycles. The third kappa shape index (κ3) is 2.34. The van der Waals surface area contributed by atoms with Gasteiger partial charge in [0.2, 0.25) is 0 Å². The Balaban J connectivity index is 2.61. The molecule has 0 heterocycles. The van der Waals surface area contributed by atoms with Crippen LogP contribution < -0.4 is 4.74 Å². The van der Waals surface area contributed by atoms with Gasteiger partial charge < -0.3 is 4.74 Å². The largest absolute Gasteiger partial charge is 0.496 e. The average Bonchev–Trinajstić information content (AvgIpc) is 2.39. The van der Waals surface area contributed by atoms with E-state index in [-0.39, 0.29) is 5.56 Å². The number of hydrogen-bond acceptors (Lipinski definition) is 2. The molecule has 96 valence electrons. The average molecular weight is 333 g/mol. The zero-order chi connectivity index (χ0) is 13.3. The number of fused-ring (bicyclic) bond motifs is 1. The highest BCUT2D eigenvalue weighted by atomic mass is 79.9. The lowest BCUT2D eigenvalue weighted by Crippen LogP contribution is -2.06. The van der Waals surface area contributed by atoms with Crippen LogP contribution in [-0.2, 0) is 5.25 Å². The summed E-state index contributed by atoms with van der Waals surface area (Å²) in [6.07, 6.45) is 1.40. The van der Waals surface area contributed by atoms with E-state index in [9.17, 15) is 8.78 Å². The Labute approximate surface area is 117 Å². The lowest BCUT2D eigenvalue weighted by atomic mass is 10.1.